The van der Waals surface area contributed by atoms with Crippen LogP contribution in [0.3, 0.4) is 0 Å². The molecule has 2 atom stereocenters. The molecule has 2 nitrogen and oxygen atoms in total. The van der Waals surface area contributed by atoms with Crippen LogP contribution in [0.15, 0.2) is 4.99 Å². The van der Waals surface area contributed by atoms with Gasteiger partial charge >= 0.3 is 0 Å². The third-order valence-corrected chi connectivity index (χ3v) is 2.49. The Labute approximate surface area is 74.7 Å². The largest absolute Gasteiger partial charge is 0.393 e. The first-order valence-corrected chi connectivity index (χ1v) is 4.96. The maximum Gasteiger partial charge on any atom is 0.0541 e. The molecule has 0 aromatic heterocycles. The number of aliphatic imine (C=N–C) groups is 1. The first kappa shape index (κ1) is 9.72. The maximum absolute atomic E-state index is 9.33. The van der Waals surface area contributed by atoms with Crippen molar-refractivity contribution in [2.24, 2.45) is 4.99 Å². The topological polar surface area (TPSA) is 32.6 Å². The van der Waals surface area contributed by atoms with Crippen LogP contribution in [0.1, 0.15) is 46.0 Å². The van der Waals surface area contributed by atoms with Crippen molar-refractivity contribution in [2.75, 3.05) is 0 Å². The monoisotopic (exact) mass is 169 g/mol. The van der Waals surface area contributed by atoms with E-state index < -0.39 is 0 Å². The second kappa shape index (κ2) is 4.61. The Kier molecular flexibility index (Phi) is 3.73. The Morgan fingerprint density at radius 2 is 2.42 bits per heavy atom. The molecule has 0 aromatic carbocycles. The summed E-state index contributed by atoms with van der Waals surface area (Å²) < 4.78 is 0. The van der Waals surface area contributed by atoms with Gasteiger partial charge in [-0.15, -0.1) is 0 Å². The van der Waals surface area contributed by atoms with Crippen molar-refractivity contribution in [3.63, 3.8) is 0 Å². The highest BCUT2D eigenvalue weighted by molar-refractivity contribution is 5.86. The van der Waals surface area contributed by atoms with Crippen molar-refractivity contribution >= 4 is 5.71 Å². The van der Waals surface area contributed by atoms with Crippen LogP contribution < -0.4 is 0 Å². The number of aliphatic hydroxyl groups excluding tert-OH is 1. The van der Waals surface area contributed by atoms with E-state index in [0.717, 1.165) is 25.7 Å². The van der Waals surface area contributed by atoms with Gasteiger partial charge in [0.15, 0.2) is 0 Å². The zero-order valence-electron chi connectivity index (χ0n) is 8.08. The smallest absolute Gasteiger partial charge is 0.0541 e. The molecule has 0 spiro atoms. The molecule has 1 N–H and O–H groups in total. The number of nitrogens with zero attached hydrogens (tertiary/aromatic N) is 1. The lowest BCUT2D eigenvalue weighted by Gasteiger charge is -2.06. The summed E-state index contributed by atoms with van der Waals surface area (Å²) >= 11 is 0. The molecule has 1 aliphatic rings. The summed E-state index contributed by atoms with van der Waals surface area (Å²) in [5.74, 6) is 0. The molecule has 0 saturated heterocycles. The lowest BCUT2D eigenvalue weighted by atomic mass is 10.1. The van der Waals surface area contributed by atoms with Crippen molar-refractivity contribution in [3.05, 3.63) is 0 Å². The van der Waals surface area contributed by atoms with Gasteiger partial charge in [-0.05, 0) is 39.0 Å². The first-order chi connectivity index (χ1) is 5.72. The third kappa shape index (κ3) is 2.94. The molecule has 70 valence electrons. The fraction of sp³-hybridized carbons (Fsp3) is 0.900. The minimum atomic E-state index is -0.122. The van der Waals surface area contributed by atoms with Crippen molar-refractivity contribution < 1.29 is 5.11 Å². The predicted octanol–water partition coefficient (Wildman–Crippen LogP) is 2.16. The molecule has 2 heteroatoms. The van der Waals surface area contributed by atoms with Crippen molar-refractivity contribution in [2.45, 2.75) is 58.1 Å². The summed E-state index contributed by atoms with van der Waals surface area (Å²) in [6, 6.07) is 0.527. The van der Waals surface area contributed by atoms with E-state index in [0.29, 0.717) is 6.04 Å². The van der Waals surface area contributed by atoms with Gasteiger partial charge in [0.2, 0.25) is 0 Å². The number of hydrogen-bond acceptors (Lipinski definition) is 2. The van der Waals surface area contributed by atoms with Crippen LogP contribution in [0.2, 0.25) is 0 Å². The molecule has 12 heavy (non-hydrogen) atoms. The zero-order chi connectivity index (χ0) is 8.97. The van der Waals surface area contributed by atoms with Crippen LogP contribution >= 0.6 is 0 Å². The Bertz CT molecular complexity index is 165. The highest BCUT2D eigenvalue weighted by Crippen LogP contribution is 2.16. The van der Waals surface area contributed by atoms with Gasteiger partial charge in [0.25, 0.3) is 0 Å². The lowest BCUT2D eigenvalue weighted by Crippen LogP contribution is -2.06. The SMILES string of the molecule is CCC(O)CCC1=NC(C)CC1. The van der Waals surface area contributed by atoms with E-state index in [1.54, 1.807) is 0 Å². The van der Waals surface area contributed by atoms with Crippen molar-refractivity contribution in [3.8, 4) is 0 Å². The van der Waals surface area contributed by atoms with Gasteiger partial charge in [-0.3, -0.25) is 4.99 Å². The lowest BCUT2D eigenvalue weighted by molar-refractivity contribution is 0.162. The molecular formula is C10H19NO. The molecule has 0 aliphatic carbocycles. The Hall–Kier alpha value is -0.370. The van der Waals surface area contributed by atoms with Gasteiger partial charge < -0.3 is 5.11 Å². The van der Waals surface area contributed by atoms with E-state index in [1.807, 2.05) is 6.92 Å². The van der Waals surface area contributed by atoms with Crippen LogP contribution in [-0.2, 0) is 0 Å². The highest BCUT2D eigenvalue weighted by Gasteiger charge is 2.13. The summed E-state index contributed by atoms with van der Waals surface area (Å²) in [6.45, 7) is 4.17. The fourth-order valence-electron chi connectivity index (χ4n) is 1.54. The van der Waals surface area contributed by atoms with Crippen molar-refractivity contribution in [1.29, 1.82) is 0 Å². The normalized spacial score (nSPS) is 25.6. The van der Waals surface area contributed by atoms with Gasteiger partial charge in [-0.25, -0.2) is 0 Å². The third-order valence-electron chi connectivity index (χ3n) is 2.49. The molecule has 1 aliphatic heterocycles. The summed E-state index contributed by atoms with van der Waals surface area (Å²) in [7, 11) is 0. The number of rotatable bonds is 4. The first-order valence-electron chi connectivity index (χ1n) is 4.96. The molecule has 0 aromatic rings. The highest BCUT2D eigenvalue weighted by atomic mass is 16.3. The second-order valence-electron chi connectivity index (χ2n) is 3.68. The van der Waals surface area contributed by atoms with Gasteiger partial charge in [0, 0.05) is 11.8 Å². The summed E-state index contributed by atoms with van der Waals surface area (Å²) in [5, 5.41) is 9.33. The predicted molar refractivity (Wildman–Crippen MR) is 51.7 cm³/mol. The van der Waals surface area contributed by atoms with Crippen LogP contribution in [0.5, 0.6) is 0 Å². The van der Waals surface area contributed by atoms with E-state index in [9.17, 15) is 5.11 Å². The van der Waals surface area contributed by atoms with Crippen LogP contribution in [-0.4, -0.2) is 23.0 Å². The number of aliphatic hydroxyl groups is 1. The molecule has 0 saturated carbocycles. The Morgan fingerprint density at radius 1 is 1.67 bits per heavy atom. The molecule has 0 amide bonds. The average molecular weight is 169 g/mol. The van der Waals surface area contributed by atoms with Crippen LogP contribution in [0, 0.1) is 0 Å². The number of hydrogen-bond donors (Lipinski definition) is 1. The molecule has 1 rings (SSSR count). The van der Waals surface area contributed by atoms with E-state index in [4.69, 9.17) is 0 Å². The fourth-order valence-corrected chi connectivity index (χ4v) is 1.54. The molecule has 0 bridgehead atoms. The van der Waals surface area contributed by atoms with Crippen molar-refractivity contribution in [1.82, 2.24) is 0 Å². The molecular weight excluding hydrogens is 150 g/mol. The summed E-state index contributed by atoms with van der Waals surface area (Å²) in [4.78, 5) is 4.50. The molecule has 1 heterocycles. The van der Waals surface area contributed by atoms with Gasteiger partial charge in [-0.2, -0.15) is 0 Å². The standard InChI is InChI=1S/C10H19NO/c1-3-10(12)7-6-9-5-4-8(2)11-9/h8,10,12H,3-7H2,1-2H3. The van der Waals surface area contributed by atoms with E-state index >= 15 is 0 Å². The average Bonchev–Trinajstić information content (AvgIpc) is 2.47. The quantitative estimate of drug-likeness (QED) is 0.687. The summed E-state index contributed by atoms with van der Waals surface area (Å²) in [5.41, 5.74) is 1.31. The van der Waals surface area contributed by atoms with E-state index in [2.05, 4.69) is 11.9 Å². The van der Waals surface area contributed by atoms with Crippen LogP contribution in [0.25, 0.3) is 0 Å². The minimum absolute atomic E-state index is 0.122. The van der Waals surface area contributed by atoms with Crippen LogP contribution in [0.4, 0.5) is 0 Å². The summed E-state index contributed by atoms with van der Waals surface area (Å²) in [6.07, 6.45) is 4.99. The maximum atomic E-state index is 9.33. The second-order valence-corrected chi connectivity index (χ2v) is 3.68. The van der Waals surface area contributed by atoms with Gasteiger partial charge in [0.1, 0.15) is 0 Å². The zero-order valence-corrected chi connectivity index (χ0v) is 8.08. The van der Waals surface area contributed by atoms with E-state index in [-0.39, 0.29) is 6.10 Å². The van der Waals surface area contributed by atoms with E-state index in [1.165, 1.54) is 12.1 Å². The molecule has 0 radical (unpaired) electrons. The van der Waals surface area contributed by atoms with Gasteiger partial charge in [-0.1, -0.05) is 6.92 Å². The minimum Gasteiger partial charge on any atom is -0.393 e. The van der Waals surface area contributed by atoms with Gasteiger partial charge in [0.05, 0.1) is 6.10 Å². The molecule has 0 fully saturated rings. The Morgan fingerprint density at radius 3 is 2.92 bits per heavy atom. The Balaban J connectivity index is 2.19. The molecule has 2 unspecified atom stereocenters.